The number of halogens is 1. The molecule has 4 nitrogen and oxygen atoms in total. The molecule has 1 aliphatic rings. The molecule has 0 spiro atoms. The second-order valence-electron chi connectivity index (χ2n) is 6.50. The first-order chi connectivity index (χ1) is 12.0. The summed E-state index contributed by atoms with van der Waals surface area (Å²) in [5.41, 5.74) is 4.72. The highest BCUT2D eigenvalue weighted by atomic mass is 19.1. The number of hydrogen-bond donors (Lipinski definition) is 1. The lowest BCUT2D eigenvalue weighted by atomic mass is 10.1. The maximum absolute atomic E-state index is 12.9. The zero-order valence-electron chi connectivity index (χ0n) is 14.8. The van der Waals surface area contributed by atoms with Gasteiger partial charge in [0.2, 0.25) is 0 Å². The summed E-state index contributed by atoms with van der Waals surface area (Å²) in [5, 5.41) is 2.91. The fraction of sp³-hybridized carbons (Fsp3) is 0.350. The van der Waals surface area contributed by atoms with Crippen LogP contribution in [0, 0.1) is 19.7 Å². The summed E-state index contributed by atoms with van der Waals surface area (Å²) in [6.45, 7) is 7.72. The van der Waals surface area contributed by atoms with Crippen molar-refractivity contribution in [3.05, 3.63) is 65.0 Å². The molecule has 25 heavy (non-hydrogen) atoms. The van der Waals surface area contributed by atoms with E-state index >= 15 is 0 Å². The van der Waals surface area contributed by atoms with E-state index in [1.54, 1.807) is 12.1 Å². The van der Waals surface area contributed by atoms with Gasteiger partial charge in [0.25, 0.3) is 0 Å². The number of anilines is 1. The van der Waals surface area contributed by atoms with Gasteiger partial charge in [-0.15, -0.1) is 0 Å². The highest BCUT2D eigenvalue weighted by Gasteiger charge is 2.22. The summed E-state index contributed by atoms with van der Waals surface area (Å²) in [6, 6.07) is 12.5. The molecule has 5 heteroatoms. The molecule has 3 rings (SSSR count). The molecular weight excluding hydrogens is 317 g/mol. The number of nitrogens with one attached hydrogen (secondary N) is 1. The average Bonchev–Trinajstić information content (AvgIpc) is 2.61. The van der Waals surface area contributed by atoms with Crippen molar-refractivity contribution in [2.75, 3.05) is 31.1 Å². The smallest absolute Gasteiger partial charge is 0.317 e. The summed E-state index contributed by atoms with van der Waals surface area (Å²) in [6.07, 6.45) is 0. The number of hydrogen-bond acceptors (Lipinski definition) is 2. The molecule has 1 N–H and O–H groups in total. The molecule has 1 saturated heterocycles. The lowest BCUT2D eigenvalue weighted by Gasteiger charge is -2.37. The van der Waals surface area contributed by atoms with E-state index in [0.717, 1.165) is 18.7 Å². The largest absolute Gasteiger partial charge is 0.368 e. The van der Waals surface area contributed by atoms with Crippen LogP contribution in [0.2, 0.25) is 0 Å². The van der Waals surface area contributed by atoms with E-state index in [0.29, 0.717) is 19.6 Å². The van der Waals surface area contributed by atoms with Crippen LogP contribution < -0.4 is 10.2 Å². The average molecular weight is 341 g/mol. The number of carbonyl (C=O) groups excluding carboxylic acids is 1. The van der Waals surface area contributed by atoms with Crippen LogP contribution in [0.4, 0.5) is 14.9 Å². The molecule has 2 aromatic rings. The predicted molar refractivity (Wildman–Crippen MR) is 98.3 cm³/mol. The third-order valence-corrected chi connectivity index (χ3v) is 4.68. The molecule has 1 aliphatic heterocycles. The van der Waals surface area contributed by atoms with Gasteiger partial charge in [-0.3, -0.25) is 0 Å². The van der Waals surface area contributed by atoms with Crippen molar-refractivity contribution in [1.82, 2.24) is 10.2 Å². The predicted octanol–water partition coefficient (Wildman–Crippen LogP) is 3.47. The Labute approximate surface area is 148 Å². The van der Waals surface area contributed by atoms with Crippen molar-refractivity contribution >= 4 is 11.7 Å². The lowest BCUT2D eigenvalue weighted by Crippen LogP contribution is -2.52. The number of para-hydroxylation sites is 1. The van der Waals surface area contributed by atoms with Gasteiger partial charge in [-0.25, -0.2) is 9.18 Å². The molecule has 2 aromatic carbocycles. The standard InChI is InChI=1S/C20H24FN3O/c1-15-4-3-5-16(2)19(15)23-10-12-24(13-11-23)20(25)22-14-17-6-8-18(21)9-7-17/h3-9H,10-14H2,1-2H3,(H,22,25). The second-order valence-corrected chi connectivity index (χ2v) is 6.50. The van der Waals surface area contributed by atoms with E-state index in [4.69, 9.17) is 0 Å². The van der Waals surface area contributed by atoms with Crippen molar-refractivity contribution in [3.63, 3.8) is 0 Å². The molecule has 0 bridgehead atoms. The highest BCUT2D eigenvalue weighted by Crippen LogP contribution is 2.25. The van der Waals surface area contributed by atoms with Gasteiger partial charge >= 0.3 is 6.03 Å². The van der Waals surface area contributed by atoms with Crippen LogP contribution in [-0.2, 0) is 6.54 Å². The van der Waals surface area contributed by atoms with Gasteiger partial charge in [-0.05, 0) is 42.7 Å². The van der Waals surface area contributed by atoms with E-state index in [-0.39, 0.29) is 11.8 Å². The van der Waals surface area contributed by atoms with Crippen molar-refractivity contribution in [1.29, 1.82) is 0 Å². The van der Waals surface area contributed by atoms with Gasteiger partial charge in [-0.2, -0.15) is 0 Å². The topological polar surface area (TPSA) is 35.6 Å². The van der Waals surface area contributed by atoms with Crippen LogP contribution in [0.5, 0.6) is 0 Å². The van der Waals surface area contributed by atoms with Gasteiger partial charge in [0.15, 0.2) is 0 Å². The molecule has 2 amide bonds. The maximum Gasteiger partial charge on any atom is 0.317 e. The second kappa shape index (κ2) is 7.55. The van der Waals surface area contributed by atoms with Crippen molar-refractivity contribution in [2.45, 2.75) is 20.4 Å². The fourth-order valence-corrected chi connectivity index (χ4v) is 3.33. The maximum atomic E-state index is 12.9. The molecule has 1 heterocycles. The normalized spacial score (nSPS) is 14.5. The van der Waals surface area contributed by atoms with Crippen LogP contribution >= 0.6 is 0 Å². The number of aryl methyl sites for hydroxylation is 2. The van der Waals surface area contributed by atoms with Gasteiger partial charge in [-0.1, -0.05) is 30.3 Å². The Balaban J connectivity index is 1.53. The molecule has 0 unspecified atom stereocenters. The fourth-order valence-electron chi connectivity index (χ4n) is 3.33. The summed E-state index contributed by atoms with van der Waals surface area (Å²) >= 11 is 0. The van der Waals surface area contributed by atoms with Crippen LogP contribution in [0.3, 0.4) is 0 Å². The van der Waals surface area contributed by atoms with E-state index in [1.807, 2.05) is 4.90 Å². The Kier molecular flexibility index (Phi) is 5.22. The minimum Gasteiger partial charge on any atom is -0.368 e. The quantitative estimate of drug-likeness (QED) is 0.928. The van der Waals surface area contributed by atoms with E-state index in [2.05, 4.69) is 42.3 Å². The SMILES string of the molecule is Cc1cccc(C)c1N1CCN(C(=O)NCc2ccc(F)cc2)CC1. The highest BCUT2D eigenvalue weighted by molar-refractivity contribution is 5.74. The molecular formula is C20H24FN3O. The number of piperazine rings is 1. The summed E-state index contributed by atoms with van der Waals surface area (Å²) < 4.78 is 12.9. The van der Waals surface area contributed by atoms with Crippen LogP contribution in [0.15, 0.2) is 42.5 Å². The Morgan fingerprint density at radius 3 is 2.20 bits per heavy atom. The van der Waals surface area contributed by atoms with Crippen LogP contribution in [0.25, 0.3) is 0 Å². The number of carbonyl (C=O) groups is 1. The Morgan fingerprint density at radius 1 is 1.00 bits per heavy atom. The number of urea groups is 1. The zero-order chi connectivity index (χ0) is 17.8. The summed E-state index contributed by atoms with van der Waals surface area (Å²) in [4.78, 5) is 16.5. The minimum absolute atomic E-state index is 0.0644. The molecule has 0 aliphatic carbocycles. The van der Waals surface area contributed by atoms with Crippen molar-refractivity contribution in [2.24, 2.45) is 0 Å². The summed E-state index contributed by atoms with van der Waals surface area (Å²) in [7, 11) is 0. The van der Waals surface area contributed by atoms with Crippen LogP contribution in [-0.4, -0.2) is 37.1 Å². The third-order valence-electron chi connectivity index (χ3n) is 4.68. The Morgan fingerprint density at radius 2 is 1.60 bits per heavy atom. The Bertz CT molecular complexity index is 717. The molecule has 132 valence electrons. The molecule has 0 saturated carbocycles. The molecule has 0 aromatic heterocycles. The Hall–Kier alpha value is -2.56. The van der Waals surface area contributed by atoms with Crippen molar-refractivity contribution < 1.29 is 9.18 Å². The third kappa shape index (κ3) is 4.10. The summed E-state index contributed by atoms with van der Waals surface area (Å²) in [5.74, 6) is -0.266. The first-order valence-electron chi connectivity index (χ1n) is 8.63. The number of nitrogens with zero attached hydrogens (tertiary/aromatic N) is 2. The van der Waals surface area contributed by atoms with Gasteiger partial charge in [0, 0.05) is 38.4 Å². The first-order valence-corrected chi connectivity index (χ1v) is 8.63. The molecule has 0 radical (unpaired) electrons. The van der Waals surface area contributed by atoms with E-state index < -0.39 is 0 Å². The van der Waals surface area contributed by atoms with E-state index in [9.17, 15) is 9.18 Å². The number of rotatable bonds is 3. The van der Waals surface area contributed by atoms with Gasteiger partial charge in [0.05, 0.1) is 0 Å². The van der Waals surface area contributed by atoms with Crippen LogP contribution in [0.1, 0.15) is 16.7 Å². The lowest BCUT2D eigenvalue weighted by molar-refractivity contribution is 0.194. The van der Waals surface area contributed by atoms with Gasteiger partial charge in [0.1, 0.15) is 5.82 Å². The first kappa shape index (κ1) is 17.3. The van der Waals surface area contributed by atoms with Crippen molar-refractivity contribution in [3.8, 4) is 0 Å². The minimum atomic E-state index is -0.266. The number of benzene rings is 2. The van der Waals surface area contributed by atoms with Gasteiger partial charge < -0.3 is 15.1 Å². The zero-order valence-corrected chi connectivity index (χ0v) is 14.8. The molecule has 1 fully saturated rings. The molecule has 0 atom stereocenters. The van der Waals surface area contributed by atoms with E-state index in [1.165, 1.54) is 28.9 Å². The number of amides is 2. The monoisotopic (exact) mass is 341 g/mol.